The Morgan fingerprint density at radius 3 is 2.67 bits per heavy atom. The quantitative estimate of drug-likeness (QED) is 0.399. The Balaban J connectivity index is 2.49. The molecule has 1 rings (SSSR count). The van der Waals surface area contributed by atoms with Gasteiger partial charge in [-0.1, -0.05) is 0 Å². The zero-order valence-corrected chi connectivity index (χ0v) is 5.59. The van der Waals surface area contributed by atoms with Crippen molar-refractivity contribution in [2.75, 3.05) is 13.1 Å². The summed E-state index contributed by atoms with van der Waals surface area (Å²) in [6, 6.07) is 0. The Morgan fingerprint density at radius 2 is 2.33 bits per heavy atom. The van der Waals surface area contributed by atoms with Gasteiger partial charge in [0.1, 0.15) is 0 Å². The average Bonchev–Trinajstić information content (AvgIpc) is 1.77. The van der Waals surface area contributed by atoms with Crippen LogP contribution < -0.4 is 5.32 Å². The number of piperidine rings is 1. The van der Waals surface area contributed by atoms with E-state index in [1.807, 2.05) is 0 Å². The van der Waals surface area contributed by atoms with Gasteiger partial charge in [0.25, 0.3) is 0 Å². The van der Waals surface area contributed by atoms with Crippen molar-refractivity contribution in [1.29, 1.82) is 0 Å². The van der Waals surface area contributed by atoms with Crippen LogP contribution >= 0.6 is 0 Å². The van der Waals surface area contributed by atoms with E-state index in [0.717, 1.165) is 6.54 Å². The molecule has 2 atom stereocenters. The topological polar surface area (TPSA) is 52.5 Å². The van der Waals surface area contributed by atoms with E-state index >= 15 is 0 Å². The molecular weight excluding hydrogens is 118 g/mol. The van der Waals surface area contributed by atoms with Crippen molar-refractivity contribution < 1.29 is 10.2 Å². The summed E-state index contributed by atoms with van der Waals surface area (Å²) in [5.41, 5.74) is -0.870. The van der Waals surface area contributed by atoms with Crippen LogP contribution in [0.1, 0.15) is 13.3 Å². The lowest BCUT2D eigenvalue weighted by atomic mass is 9.92. The fraction of sp³-hybridized carbons (Fsp3) is 1.00. The minimum absolute atomic E-state index is 0.507. The van der Waals surface area contributed by atoms with Gasteiger partial charge in [-0.25, -0.2) is 0 Å². The third kappa shape index (κ3) is 1.41. The van der Waals surface area contributed by atoms with Crippen LogP contribution in [0.3, 0.4) is 0 Å². The molecule has 1 fully saturated rings. The van der Waals surface area contributed by atoms with Crippen molar-refractivity contribution >= 4 is 0 Å². The molecule has 0 radical (unpaired) electrons. The molecule has 54 valence electrons. The Bertz CT molecular complexity index is 103. The van der Waals surface area contributed by atoms with Gasteiger partial charge in [-0.05, 0) is 19.9 Å². The summed E-state index contributed by atoms with van der Waals surface area (Å²) in [5.74, 6) is 0. The number of β-amino-alcohol motifs (C(OH)–C–C–N with tert-alkyl or cyclic N) is 1. The molecule has 1 aliphatic rings. The van der Waals surface area contributed by atoms with Crippen LogP contribution in [-0.2, 0) is 0 Å². The Morgan fingerprint density at radius 1 is 1.67 bits per heavy atom. The van der Waals surface area contributed by atoms with E-state index in [4.69, 9.17) is 5.11 Å². The van der Waals surface area contributed by atoms with Crippen molar-refractivity contribution in [3.05, 3.63) is 0 Å². The van der Waals surface area contributed by atoms with Crippen molar-refractivity contribution in [1.82, 2.24) is 5.32 Å². The van der Waals surface area contributed by atoms with Gasteiger partial charge in [-0.2, -0.15) is 0 Å². The first-order valence-electron chi connectivity index (χ1n) is 3.24. The fourth-order valence-electron chi connectivity index (χ4n) is 0.967. The molecule has 3 N–H and O–H groups in total. The second kappa shape index (κ2) is 2.25. The van der Waals surface area contributed by atoms with E-state index in [2.05, 4.69) is 5.32 Å². The number of hydrogen-bond acceptors (Lipinski definition) is 3. The van der Waals surface area contributed by atoms with Gasteiger partial charge in [0.15, 0.2) is 0 Å². The first-order chi connectivity index (χ1) is 4.13. The van der Waals surface area contributed by atoms with E-state index in [1.165, 1.54) is 0 Å². The molecule has 0 bridgehead atoms. The van der Waals surface area contributed by atoms with Crippen molar-refractivity contribution in [2.45, 2.75) is 25.0 Å². The fourth-order valence-corrected chi connectivity index (χ4v) is 0.967. The highest BCUT2D eigenvalue weighted by Gasteiger charge is 2.32. The van der Waals surface area contributed by atoms with Crippen LogP contribution in [0.4, 0.5) is 0 Å². The van der Waals surface area contributed by atoms with E-state index in [0.29, 0.717) is 13.0 Å². The first-order valence-corrected chi connectivity index (χ1v) is 3.24. The molecule has 0 aromatic heterocycles. The maximum Gasteiger partial charge on any atom is 0.0948 e. The summed E-state index contributed by atoms with van der Waals surface area (Å²) in [6.45, 7) is 2.97. The summed E-state index contributed by atoms with van der Waals surface area (Å²) in [6.07, 6.45) is 0.0278. The number of aliphatic hydroxyl groups is 2. The third-order valence-corrected chi connectivity index (χ3v) is 1.86. The molecule has 1 saturated heterocycles. The minimum atomic E-state index is -0.870. The number of hydrogen-bond donors (Lipinski definition) is 3. The van der Waals surface area contributed by atoms with Gasteiger partial charge >= 0.3 is 0 Å². The second-order valence-electron chi connectivity index (χ2n) is 2.83. The molecule has 1 unspecified atom stereocenters. The molecule has 0 aliphatic carbocycles. The van der Waals surface area contributed by atoms with Crippen molar-refractivity contribution in [2.24, 2.45) is 0 Å². The highest BCUT2D eigenvalue weighted by Crippen LogP contribution is 2.16. The number of nitrogens with one attached hydrogen (secondary N) is 1. The average molecular weight is 131 g/mol. The van der Waals surface area contributed by atoms with Crippen LogP contribution in [0.2, 0.25) is 0 Å². The van der Waals surface area contributed by atoms with Crippen LogP contribution in [0.5, 0.6) is 0 Å². The van der Waals surface area contributed by atoms with Crippen molar-refractivity contribution in [3.8, 4) is 0 Å². The van der Waals surface area contributed by atoms with E-state index in [9.17, 15) is 5.11 Å². The van der Waals surface area contributed by atoms with Gasteiger partial charge < -0.3 is 15.5 Å². The molecule has 0 aromatic carbocycles. The molecule has 0 aromatic rings. The monoisotopic (exact) mass is 131 g/mol. The van der Waals surface area contributed by atoms with E-state index < -0.39 is 11.7 Å². The van der Waals surface area contributed by atoms with Crippen molar-refractivity contribution in [3.63, 3.8) is 0 Å². The molecule has 0 amide bonds. The van der Waals surface area contributed by atoms with Crippen LogP contribution in [0.15, 0.2) is 0 Å². The van der Waals surface area contributed by atoms with Gasteiger partial charge in [0, 0.05) is 6.54 Å². The molecule has 1 aliphatic heterocycles. The molecule has 0 spiro atoms. The molecule has 9 heavy (non-hydrogen) atoms. The predicted octanol–water partition coefficient (Wildman–Crippen LogP) is -0.908. The molecule has 0 saturated carbocycles. The lowest BCUT2D eigenvalue weighted by Crippen LogP contribution is -2.52. The summed E-state index contributed by atoms with van der Waals surface area (Å²) >= 11 is 0. The summed E-state index contributed by atoms with van der Waals surface area (Å²) < 4.78 is 0. The van der Waals surface area contributed by atoms with Gasteiger partial charge in [-0.3, -0.25) is 0 Å². The molecular formula is C6H13NO2. The standard InChI is InChI=1S/C6H13NO2/c1-6(9)2-3-7-4-5(6)8/h5,7-9H,2-4H2,1H3/t5-,6?/m1/s1. The summed E-state index contributed by atoms with van der Waals surface area (Å²) in [5, 5.41) is 21.5. The normalized spacial score (nSPS) is 45.0. The first kappa shape index (κ1) is 6.99. The minimum Gasteiger partial charge on any atom is -0.389 e. The molecule has 3 heteroatoms. The third-order valence-electron chi connectivity index (χ3n) is 1.86. The lowest BCUT2D eigenvalue weighted by molar-refractivity contribution is -0.0783. The number of aliphatic hydroxyl groups excluding tert-OH is 1. The Kier molecular flexibility index (Phi) is 1.75. The van der Waals surface area contributed by atoms with E-state index in [-0.39, 0.29) is 0 Å². The second-order valence-corrected chi connectivity index (χ2v) is 2.83. The van der Waals surface area contributed by atoms with Gasteiger partial charge in [-0.15, -0.1) is 0 Å². The molecule has 1 heterocycles. The zero-order valence-electron chi connectivity index (χ0n) is 5.59. The summed E-state index contributed by atoms with van der Waals surface area (Å²) in [4.78, 5) is 0. The highest BCUT2D eigenvalue weighted by atomic mass is 16.3. The number of rotatable bonds is 0. The predicted molar refractivity (Wildman–Crippen MR) is 34.1 cm³/mol. The molecule has 3 nitrogen and oxygen atoms in total. The van der Waals surface area contributed by atoms with Crippen LogP contribution in [-0.4, -0.2) is 35.0 Å². The van der Waals surface area contributed by atoms with Crippen LogP contribution in [0, 0.1) is 0 Å². The smallest absolute Gasteiger partial charge is 0.0948 e. The zero-order chi connectivity index (χ0) is 6.91. The maximum absolute atomic E-state index is 9.35. The largest absolute Gasteiger partial charge is 0.389 e. The van der Waals surface area contributed by atoms with Gasteiger partial charge in [0.2, 0.25) is 0 Å². The SMILES string of the molecule is CC1(O)CCNC[C@H]1O. The summed E-state index contributed by atoms with van der Waals surface area (Å²) in [7, 11) is 0. The lowest BCUT2D eigenvalue weighted by Gasteiger charge is -2.33. The van der Waals surface area contributed by atoms with Gasteiger partial charge in [0.05, 0.1) is 11.7 Å². The Hall–Kier alpha value is -0.120. The maximum atomic E-state index is 9.35. The van der Waals surface area contributed by atoms with Crippen LogP contribution in [0.25, 0.3) is 0 Å². The Labute approximate surface area is 54.7 Å². The highest BCUT2D eigenvalue weighted by molar-refractivity contribution is 4.87. The van der Waals surface area contributed by atoms with E-state index in [1.54, 1.807) is 6.92 Å².